The second kappa shape index (κ2) is 9.78. The van der Waals surface area contributed by atoms with Gasteiger partial charge < -0.3 is 25.4 Å². The number of piperidine rings is 1. The Hall–Kier alpha value is -3.14. The van der Waals surface area contributed by atoms with E-state index in [0.717, 1.165) is 29.0 Å². The van der Waals surface area contributed by atoms with E-state index in [-0.39, 0.29) is 18.0 Å². The predicted molar refractivity (Wildman–Crippen MR) is 122 cm³/mol. The van der Waals surface area contributed by atoms with E-state index in [1.54, 1.807) is 4.90 Å². The topological polar surface area (TPSA) is 142 Å². The van der Waals surface area contributed by atoms with E-state index in [2.05, 4.69) is 10.2 Å². The molecule has 0 aliphatic carbocycles. The highest BCUT2D eigenvalue weighted by molar-refractivity contribution is 5.87. The number of carboxylic acid groups (broad SMARTS) is 1. The Labute approximate surface area is 193 Å². The third kappa shape index (κ3) is 6.01. The van der Waals surface area contributed by atoms with Gasteiger partial charge in [0.2, 0.25) is 5.91 Å². The normalized spacial score (nSPS) is 19.4. The minimum Gasteiger partial charge on any atom is -0.481 e. The van der Waals surface area contributed by atoms with Crippen molar-refractivity contribution in [1.29, 1.82) is 0 Å². The molecule has 4 rings (SSSR count). The minimum atomic E-state index is -0.833. The fourth-order valence-corrected chi connectivity index (χ4v) is 4.28. The van der Waals surface area contributed by atoms with E-state index < -0.39 is 17.6 Å². The maximum atomic E-state index is 13.1. The van der Waals surface area contributed by atoms with Crippen molar-refractivity contribution in [2.24, 2.45) is 5.73 Å². The number of nitrogens with one attached hydrogen (secondary N) is 1. The van der Waals surface area contributed by atoms with E-state index in [1.165, 1.54) is 0 Å². The van der Waals surface area contributed by atoms with Gasteiger partial charge in [0.1, 0.15) is 5.60 Å². The molecular formula is C23H33N5O5. The smallest absolute Gasteiger partial charge is 0.410 e. The van der Waals surface area contributed by atoms with Crippen LogP contribution in [0.3, 0.4) is 0 Å². The zero-order chi connectivity index (χ0) is 24.3. The maximum Gasteiger partial charge on any atom is 0.410 e. The summed E-state index contributed by atoms with van der Waals surface area (Å²) < 4.78 is 5.48. The Balaban J connectivity index is 0.000000709. The van der Waals surface area contributed by atoms with Gasteiger partial charge in [-0.15, -0.1) is 0 Å². The molecule has 1 aromatic carbocycles. The van der Waals surface area contributed by atoms with Crippen molar-refractivity contribution in [1.82, 2.24) is 20.0 Å². The Morgan fingerprint density at radius 2 is 1.88 bits per heavy atom. The lowest BCUT2D eigenvalue weighted by Crippen LogP contribution is -2.52. The van der Waals surface area contributed by atoms with Crippen molar-refractivity contribution in [2.75, 3.05) is 13.1 Å². The highest BCUT2D eigenvalue weighted by atomic mass is 16.6. The first-order chi connectivity index (χ1) is 15.5. The van der Waals surface area contributed by atoms with Crippen LogP contribution in [-0.2, 0) is 27.3 Å². The van der Waals surface area contributed by atoms with Gasteiger partial charge >= 0.3 is 6.09 Å². The van der Waals surface area contributed by atoms with Gasteiger partial charge in [0, 0.05) is 38.0 Å². The number of aromatic nitrogens is 2. The molecule has 1 aromatic heterocycles. The van der Waals surface area contributed by atoms with E-state index in [1.807, 2.05) is 44.0 Å². The van der Waals surface area contributed by atoms with Crippen molar-refractivity contribution < 1.29 is 24.2 Å². The highest BCUT2D eigenvalue weighted by Crippen LogP contribution is 2.30. The molecule has 1 unspecified atom stereocenters. The molecule has 10 heteroatoms. The summed E-state index contributed by atoms with van der Waals surface area (Å²) in [7, 11) is 0. The molecule has 180 valence electrons. The number of fused-ring (bicyclic) bond motifs is 3. The lowest BCUT2D eigenvalue weighted by atomic mass is 9.99. The largest absolute Gasteiger partial charge is 0.481 e. The molecule has 1 fully saturated rings. The molecule has 0 bridgehead atoms. The molecular weight excluding hydrogens is 426 g/mol. The third-order valence-corrected chi connectivity index (χ3v) is 5.76. The van der Waals surface area contributed by atoms with Gasteiger partial charge in [-0.3, -0.25) is 14.7 Å². The van der Waals surface area contributed by atoms with Gasteiger partial charge in [-0.1, -0.05) is 6.07 Å². The van der Waals surface area contributed by atoms with Gasteiger partial charge in [-0.2, -0.15) is 5.10 Å². The van der Waals surface area contributed by atoms with Gasteiger partial charge in [-0.05, 0) is 57.2 Å². The van der Waals surface area contributed by atoms with Gasteiger partial charge in [0.25, 0.3) is 5.97 Å². The molecule has 3 heterocycles. The van der Waals surface area contributed by atoms with E-state index in [9.17, 15) is 9.59 Å². The van der Waals surface area contributed by atoms with E-state index >= 15 is 0 Å². The van der Waals surface area contributed by atoms with E-state index in [4.69, 9.17) is 20.4 Å². The Morgan fingerprint density at radius 1 is 1.24 bits per heavy atom. The van der Waals surface area contributed by atoms with Gasteiger partial charge in [0.15, 0.2) is 0 Å². The summed E-state index contributed by atoms with van der Waals surface area (Å²) in [5.74, 6) is -0.853. The first kappa shape index (κ1) is 24.5. The molecule has 0 saturated carbocycles. The van der Waals surface area contributed by atoms with Crippen LogP contribution in [-0.4, -0.2) is 73.8 Å². The minimum absolute atomic E-state index is 0.0198. The number of aliphatic carboxylic acids is 1. The van der Waals surface area contributed by atoms with Crippen LogP contribution >= 0.6 is 0 Å². The first-order valence-electron chi connectivity index (χ1n) is 11.1. The predicted octanol–water partition coefficient (Wildman–Crippen LogP) is 2.27. The number of amides is 2. The standard InChI is InChI=1S/C21H29N5O3.C2H4O2/c1-21(2,3)29-20(28)25-8-6-14(7-9-25)26-12-16-13(10-17(22)19(26)27)4-5-18-15(16)11-23-24-18;1-2(3)4/h4-5,11,14,17H,6-10,12,22H2,1-3H3,(H,23,24);1H3,(H,3,4). The Bertz CT molecular complexity index is 1020. The molecule has 2 aliphatic rings. The molecule has 0 spiro atoms. The molecule has 2 aliphatic heterocycles. The van der Waals surface area contributed by atoms with Crippen LogP contribution in [0.5, 0.6) is 0 Å². The van der Waals surface area contributed by atoms with Gasteiger partial charge in [-0.25, -0.2) is 4.79 Å². The van der Waals surface area contributed by atoms with Crippen LogP contribution in [0.1, 0.15) is 51.7 Å². The second-order valence-electron chi connectivity index (χ2n) is 9.53. The number of carbonyl (C=O) groups excluding carboxylic acids is 2. The number of benzene rings is 1. The van der Waals surface area contributed by atoms with Crippen molar-refractivity contribution >= 4 is 28.9 Å². The average Bonchev–Trinajstić information content (AvgIpc) is 3.15. The SMILES string of the molecule is CC(=O)O.CC(C)(C)OC(=O)N1CCC(N2Cc3c(ccc4[nH]ncc34)CC(N)C2=O)CC1. The molecule has 1 saturated heterocycles. The molecule has 10 nitrogen and oxygen atoms in total. The number of nitrogens with zero attached hydrogens (tertiary/aromatic N) is 3. The second-order valence-corrected chi connectivity index (χ2v) is 9.53. The Kier molecular flexibility index (Phi) is 7.26. The van der Waals surface area contributed by atoms with Gasteiger partial charge in [0.05, 0.1) is 17.8 Å². The molecule has 0 radical (unpaired) electrons. The van der Waals surface area contributed by atoms with Crippen LogP contribution in [0.2, 0.25) is 0 Å². The number of aromatic amines is 1. The van der Waals surface area contributed by atoms with Crippen LogP contribution in [0.15, 0.2) is 18.3 Å². The number of carboxylic acids is 1. The molecule has 33 heavy (non-hydrogen) atoms. The summed E-state index contributed by atoms with van der Waals surface area (Å²) in [6.07, 6.45) is 3.49. The summed E-state index contributed by atoms with van der Waals surface area (Å²) in [4.78, 5) is 38.0. The summed E-state index contributed by atoms with van der Waals surface area (Å²) in [6, 6.07) is 3.54. The van der Waals surface area contributed by atoms with E-state index in [0.29, 0.717) is 38.9 Å². The molecule has 1 atom stereocenters. The maximum absolute atomic E-state index is 13.1. The lowest BCUT2D eigenvalue weighted by Gasteiger charge is -2.39. The van der Waals surface area contributed by atoms with Crippen molar-refractivity contribution in [3.63, 3.8) is 0 Å². The monoisotopic (exact) mass is 459 g/mol. The lowest BCUT2D eigenvalue weighted by molar-refractivity contribution is -0.136. The summed E-state index contributed by atoms with van der Waals surface area (Å²) in [5.41, 5.74) is 8.93. The van der Waals surface area contributed by atoms with Crippen molar-refractivity contribution in [2.45, 2.75) is 71.2 Å². The number of carbonyl (C=O) groups is 3. The number of rotatable bonds is 1. The molecule has 4 N–H and O–H groups in total. The zero-order valence-electron chi connectivity index (χ0n) is 19.6. The quantitative estimate of drug-likeness (QED) is 0.594. The zero-order valence-corrected chi connectivity index (χ0v) is 19.6. The Morgan fingerprint density at radius 3 is 2.48 bits per heavy atom. The summed E-state index contributed by atoms with van der Waals surface area (Å²) >= 11 is 0. The number of nitrogens with two attached hydrogens (primary N) is 1. The fraction of sp³-hybridized carbons (Fsp3) is 0.565. The first-order valence-corrected chi connectivity index (χ1v) is 11.1. The number of hydrogen-bond donors (Lipinski definition) is 3. The van der Waals surface area contributed by atoms with Crippen LogP contribution < -0.4 is 5.73 Å². The van der Waals surface area contributed by atoms with Crippen molar-refractivity contribution in [3.05, 3.63) is 29.5 Å². The summed E-state index contributed by atoms with van der Waals surface area (Å²) in [6.45, 7) is 8.34. The van der Waals surface area contributed by atoms with Crippen LogP contribution in [0.25, 0.3) is 10.9 Å². The third-order valence-electron chi connectivity index (χ3n) is 5.76. The number of hydrogen-bond acceptors (Lipinski definition) is 6. The molecule has 2 amide bonds. The molecule has 2 aromatic rings. The number of ether oxygens (including phenoxy) is 1. The average molecular weight is 460 g/mol. The summed E-state index contributed by atoms with van der Waals surface area (Å²) in [5, 5.41) is 15.6. The number of likely N-dealkylation sites (tertiary alicyclic amines) is 1. The van der Waals surface area contributed by atoms with Crippen molar-refractivity contribution in [3.8, 4) is 0 Å². The van der Waals surface area contributed by atoms with Crippen LogP contribution in [0.4, 0.5) is 4.79 Å². The fourth-order valence-electron chi connectivity index (χ4n) is 4.28. The highest BCUT2D eigenvalue weighted by Gasteiger charge is 2.35. The van der Waals surface area contributed by atoms with Crippen LogP contribution in [0, 0.1) is 0 Å². The number of H-pyrrole nitrogens is 1.